The molecule has 0 radical (unpaired) electrons. The van der Waals surface area contributed by atoms with Crippen LogP contribution in [-0.4, -0.2) is 52.4 Å². The van der Waals surface area contributed by atoms with Crippen molar-refractivity contribution in [2.75, 3.05) is 26.3 Å². The Hall–Kier alpha value is -2.07. The molecular weight excluding hydrogens is 398 g/mol. The van der Waals surface area contributed by atoms with Gasteiger partial charge in [-0.05, 0) is 11.4 Å². The van der Waals surface area contributed by atoms with Gasteiger partial charge in [0.2, 0.25) is 5.91 Å². The molecule has 3 aromatic heterocycles. The number of carbonyl (C=O) groups is 1. The van der Waals surface area contributed by atoms with E-state index in [1.54, 1.807) is 16.2 Å². The lowest BCUT2D eigenvalue weighted by molar-refractivity contribution is -0.187. The van der Waals surface area contributed by atoms with Gasteiger partial charge >= 0.3 is 0 Å². The normalized spacial score (nSPS) is 18.9. The molecule has 5 rings (SSSR count). The minimum Gasteiger partial charge on any atom is -0.347 e. The summed E-state index contributed by atoms with van der Waals surface area (Å²) in [6, 6.07) is 3.95. The van der Waals surface area contributed by atoms with E-state index in [1.165, 1.54) is 22.2 Å². The summed E-state index contributed by atoms with van der Waals surface area (Å²) in [5.41, 5.74) is 0.726. The number of likely N-dealkylation sites (tertiary alicyclic amines) is 1. The number of rotatable bonds is 3. The third-order valence-corrected chi connectivity index (χ3v) is 7.13. The highest BCUT2D eigenvalue weighted by Gasteiger charge is 2.40. The van der Waals surface area contributed by atoms with E-state index in [9.17, 15) is 9.59 Å². The predicted octanol–water partition coefficient (Wildman–Crippen LogP) is 2.55. The molecule has 0 bridgehead atoms. The van der Waals surface area contributed by atoms with Crippen molar-refractivity contribution in [1.29, 1.82) is 0 Å². The summed E-state index contributed by atoms with van der Waals surface area (Å²) in [4.78, 5) is 33.7. The number of nitrogens with zero attached hydrogens (tertiary/aromatic N) is 3. The number of thiophene rings is 2. The van der Waals surface area contributed by atoms with E-state index in [0.29, 0.717) is 49.4 Å². The van der Waals surface area contributed by atoms with E-state index in [0.717, 1.165) is 10.4 Å². The smallest absolute Gasteiger partial charge is 0.263 e. The second-order valence-corrected chi connectivity index (χ2v) is 8.78. The number of ether oxygens (including phenoxy) is 2. The zero-order valence-electron chi connectivity index (χ0n) is 15.1. The Morgan fingerprint density at radius 2 is 2.00 bits per heavy atom. The van der Waals surface area contributed by atoms with Crippen LogP contribution in [0.1, 0.15) is 12.8 Å². The number of amides is 1. The van der Waals surface area contributed by atoms with Gasteiger partial charge in [0, 0.05) is 41.8 Å². The molecule has 2 aliphatic rings. The summed E-state index contributed by atoms with van der Waals surface area (Å²) in [5.74, 6) is -0.593. The summed E-state index contributed by atoms with van der Waals surface area (Å²) in [5, 5.41) is 4.54. The maximum Gasteiger partial charge on any atom is 0.263 e. The molecule has 2 aliphatic heterocycles. The number of aromatic nitrogens is 2. The Morgan fingerprint density at radius 3 is 2.71 bits per heavy atom. The highest BCUT2D eigenvalue weighted by molar-refractivity contribution is 7.18. The lowest BCUT2D eigenvalue weighted by Gasteiger charge is -2.37. The Balaban J connectivity index is 1.37. The van der Waals surface area contributed by atoms with Crippen LogP contribution in [0.15, 0.2) is 34.0 Å². The molecule has 28 heavy (non-hydrogen) atoms. The Morgan fingerprint density at radius 1 is 1.21 bits per heavy atom. The fourth-order valence-corrected chi connectivity index (χ4v) is 5.54. The molecule has 0 saturated carbocycles. The molecule has 2 fully saturated rings. The fourth-order valence-electron chi connectivity index (χ4n) is 3.82. The van der Waals surface area contributed by atoms with Crippen LogP contribution < -0.4 is 5.56 Å². The second-order valence-electron chi connectivity index (χ2n) is 6.97. The molecule has 5 heterocycles. The third kappa shape index (κ3) is 3.08. The van der Waals surface area contributed by atoms with Gasteiger partial charge in [-0.1, -0.05) is 6.07 Å². The summed E-state index contributed by atoms with van der Waals surface area (Å²) in [7, 11) is 0. The second kappa shape index (κ2) is 7.07. The van der Waals surface area contributed by atoms with Crippen LogP contribution in [0.5, 0.6) is 0 Å². The quantitative estimate of drug-likeness (QED) is 0.655. The number of fused-ring (bicyclic) bond motifs is 1. The minimum absolute atomic E-state index is 0.00376. The van der Waals surface area contributed by atoms with Crippen LogP contribution in [-0.2, 0) is 20.8 Å². The molecule has 0 unspecified atom stereocenters. The van der Waals surface area contributed by atoms with Gasteiger partial charge in [-0.15, -0.1) is 22.7 Å². The first-order valence-electron chi connectivity index (χ1n) is 9.21. The van der Waals surface area contributed by atoms with Crippen LogP contribution in [0.2, 0.25) is 0 Å². The standard InChI is InChI=1S/C19H19N3O4S2/c23-15(21-5-3-19(4-6-21)25-7-8-26-19)10-22-12-20-17-16(18(22)24)13(11-28-17)14-2-1-9-27-14/h1-2,9,11-12H,3-8,10H2. The topological polar surface area (TPSA) is 73.7 Å². The molecular formula is C19H19N3O4S2. The van der Waals surface area contributed by atoms with Crippen molar-refractivity contribution < 1.29 is 14.3 Å². The van der Waals surface area contributed by atoms with Gasteiger partial charge < -0.3 is 14.4 Å². The number of carbonyl (C=O) groups excluding carboxylic acids is 1. The van der Waals surface area contributed by atoms with Gasteiger partial charge in [0.15, 0.2) is 5.79 Å². The number of hydrogen-bond acceptors (Lipinski definition) is 7. The molecule has 0 atom stereocenters. The van der Waals surface area contributed by atoms with Gasteiger partial charge in [-0.3, -0.25) is 14.2 Å². The lowest BCUT2D eigenvalue weighted by atomic mass is 10.0. The summed E-state index contributed by atoms with van der Waals surface area (Å²) in [6.45, 7) is 2.37. The molecule has 3 aromatic rings. The first-order valence-corrected chi connectivity index (χ1v) is 11.0. The first kappa shape index (κ1) is 18.0. The van der Waals surface area contributed by atoms with Gasteiger partial charge in [0.1, 0.15) is 11.4 Å². The van der Waals surface area contributed by atoms with Crippen molar-refractivity contribution in [2.45, 2.75) is 25.2 Å². The van der Waals surface area contributed by atoms with E-state index in [1.807, 2.05) is 22.9 Å². The maximum atomic E-state index is 13.1. The summed E-state index contributed by atoms with van der Waals surface area (Å²) >= 11 is 3.04. The Bertz CT molecular complexity index is 1060. The van der Waals surface area contributed by atoms with Gasteiger partial charge in [-0.2, -0.15) is 0 Å². The van der Waals surface area contributed by atoms with Crippen LogP contribution in [0, 0.1) is 0 Å². The predicted molar refractivity (Wildman–Crippen MR) is 108 cm³/mol. The highest BCUT2D eigenvalue weighted by Crippen LogP contribution is 2.33. The summed E-state index contributed by atoms with van der Waals surface area (Å²) < 4.78 is 12.8. The molecule has 2 saturated heterocycles. The van der Waals surface area contributed by atoms with Gasteiger partial charge in [-0.25, -0.2) is 4.98 Å². The highest BCUT2D eigenvalue weighted by atomic mass is 32.1. The fraction of sp³-hybridized carbons (Fsp3) is 0.421. The largest absolute Gasteiger partial charge is 0.347 e. The third-order valence-electron chi connectivity index (χ3n) is 5.34. The van der Waals surface area contributed by atoms with Crippen molar-refractivity contribution in [3.63, 3.8) is 0 Å². The van der Waals surface area contributed by atoms with Gasteiger partial charge in [0.05, 0.1) is 24.9 Å². The van der Waals surface area contributed by atoms with E-state index < -0.39 is 5.79 Å². The Labute approximate surface area is 169 Å². The number of hydrogen-bond donors (Lipinski definition) is 0. The van der Waals surface area contributed by atoms with Crippen LogP contribution in [0.3, 0.4) is 0 Å². The van der Waals surface area contributed by atoms with Crippen molar-refractivity contribution in [3.8, 4) is 10.4 Å². The van der Waals surface area contributed by atoms with E-state index >= 15 is 0 Å². The average molecular weight is 418 g/mol. The summed E-state index contributed by atoms with van der Waals surface area (Å²) in [6.07, 6.45) is 2.81. The Kier molecular flexibility index (Phi) is 4.54. The molecule has 0 N–H and O–H groups in total. The molecule has 7 nitrogen and oxygen atoms in total. The molecule has 1 spiro atoms. The number of piperidine rings is 1. The van der Waals surface area contributed by atoms with Crippen molar-refractivity contribution in [1.82, 2.24) is 14.5 Å². The van der Waals surface area contributed by atoms with Crippen LogP contribution in [0.4, 0.5) is 0 Å². The molecule has 146 valence electrons. The molecule has 9 heteroatoms. The van der Waals surface area contributed by atoms with Crippen molar-refractivity contribution in [3.05, 3.63) is 39.6 Å². The molecule has 0 aliphatic carbocycles. The SMILES string of the molecule is O=C(Cn1cnc2scc(-c3cccs3)c2c1=O)N1CCC2(CC1)OCCO2. The molecule has 0 aromatic carbocycles. The first-order chi connectivity index (χ1) is 13.7. The monoisotopic (exact) mass is 417 g/mol. The van der Waals surface area contributed by atoms with Crippen molar-refractivity contribution in [2.24, 2.45) is 0 Å². The average Bonchev–Trinajstić information content (AvgIpc) is 3.45. The van der Waals surface area contributed by atoms with Crippen LogP contribution >= 0.6 is 22.7 Å². The van der Waals surface area contributed by atoms with E-state index in [4.69, 9.17) is 9.47 Å². The zero-order valence-corrected chi connectivity index (χ0v) is 16.8. The minimum atomic E-state index is -0.514. The zero-order chi connectivity index (χ0) is 19.1. The van der Waals surface area contributed by atoms with E-state index in [2.05, 4.69) is 4.98 Å². The van der Waals surface area contributed by atoms with Gasteiger partial charge in [0.25, 0.3) is 5.56 Å². The molecule has 1 amide bonds. The van der Waals surface area contributed by atoms with Crippen molar-refractivity contribution >= 4 is 38.8 Å². The lowest BCUT2D eigenvalue weighted by Crippen LogP contribution is -2.48. The van der Waals surface area contributed by atoms with Crippen LogP contribution in [0.25, 0.3) is 20.7 Å². The van der Waals surface area contributed by atoms with E-state index in [-0.39, 0.29) is 18.0 Å². The maximum absolute atomic E-state index is 13.1.